The van der Waals surface area contributed by atoms with Crippen LogP contribution < -0.4 is 5.32 Å². The van der Waals surface area contributed by atoms with E-state index in [1.807, 2.05) is 42.9 Å². The van der Waals surface area contributed by atoms with Crippen LogP contribution in [0.4, 0.5) is 0 Å². The van der Waals surface area contributed by atoms with E-state index in [9.17, 15) is 4.79 Å². The van der Waals surface area contributed by atoms with Crippen molar-refractivity contribution in [2.24, 2.45) is 0 Å². The minimum absolute atomic E-state index is 0. The Hall–Kier alpha value is -2.94. The molecule has 1 N–H and O–H groups in total. The maximum Gasteiger partial charge on any atom is 0.138 e. The molecule has 0 atom stereocenters. The Kier molecular flexibility index (Phi) is 5.95. The number of carbonyl (C=O) groups excluding carboxylic acids is 1. The van der Waals surface area contributed by atoms with Crippen LogP contribution in [0.15, 0.2) is 49.1 Å². The maximum atomic E-state index is 13.0. The summed E-state index contributed by atoms with van der Waals surface area (Å²) < 4.78 is 3.27. The maximum absolute atomic E-state index is 13.0. The highest BCUT2D eigenvalue weighted by molar-refractivity contribution is 7.22. The Morgan fingerprint density at radius 2 is 2.15 bits per heavy atom. The molecule has 0 bridgehead atoms. The normalized spacial score (nSPS) is 13.5. The van der Waals surface area contributed by atoms with E-state index in [1.54, 1.807) is 22.7 Å². The third-order valence-corrected chi connectivity index (χ3v) is 8.68. The van der Waals surface area contributed by atoms with Crippen LogP contribution in [0.2, 0.25) is 0 Å². The minimum Gasteiger partial charge on any atom is -0.312 e. The lowest BCUT2D eigenvalue weighted by Gasteiger charge is -2.13. The summed E-state index contributed by atoms with van der Waals surface area (Å²) in [7, 11) is 0. The highest BCUT2D eigenvalue weighted by Gasteiger charge is 2.25. The van der Waals surface area contributed by atoms with Gasteiger partial charge in [-0.2, -0.15) is 0 Å². The van der Waals surface area contributed by atoms with Gasteiger partial charge in [0.25, 0.3) is 0 Å². The molecule has 0 fully saturated rings. The SMILES string of the molecule is O=C(CCCCc1cnc2ccccn12)Cc1sc2c(c1-c1nc3cnccc3s1)CCNC2.[HH]. The van der Waals surface area contributed by atoms with E-state index in [-0.39, 0.29) is 1.43 Å². The van der Waals surface area contributed by atoms with Gasteiger partial charge in [-0.15, -0.1) is 22.7 Å². The highest BCUT2D eigenvalue weighted by Crippen LogP contribution is 2.41. The molecule has 0 saturated heterocycles. The Bertz CT molecular complexity index is 1450. The summed E-state index contributed by atoms with van der Waals surface area (Å²) >= 11 is 3.50. The number of hydrogen-bond acceptors (Lipinski definition) is 7. The molecule has 1 aliphatic rings. The molecule has 174 valence electrons. The molecule has 5 aromatic heterocycles. The van der Waals surface area contributed by atoms with E-state index in [1.165, 1.54) is 26.6 Å². The largest absolute Gasteiger partial charge is 0.312 e. The summed E-state index contributed by atoms with van der Waals surface area (Å²) in [5.41, 5.74) is 5.70. The molecule has 0 spiro atoms. The van der Waals surface area contributed by atoms with E-state index in [2.05, 4.69) is 25.9 Å². The number of rotatable bonds is 8. The summed E-state index contributed by atoms with van der Waals surface area (Å²) in [6, 6.07) is 8.06. The molecule has 0 aromatic carbocycles. The molecule has 6 rings (SSSR count). The summed E-state index contributed by atoms with van der Waals surface area (Å²) in [5.74, 6) is 0.314. The molecule has 0 aliphatic carbocycles. The summed E-state index contributed by atoms with van der Waals surface area (Å²) in [4.78, 5) is 29.1. The van der Waals surface area contributed by atoms with Gasteiger partial charge in [-0.25, -0.2) is 9.97 Å². The average Bonchev–Trinajstić information content (AvgIpc) is 3.56. The van der Waals surface area contributed by atoms with Gasteiger partial charge in [-0.05, 0) is 56.0 Å². The number of aryl methyl sites for hydroxylation is 1. The van der Waals surface area contributed by atoms with Gasteiger partial charge in [0.1, 0.15) is 22.0 Å². The number of thiophene rings is 1. The molecule has 0 amide bonds. The van der Waals surface area contributed by atoms with Gasteiger partial charge >= 0.3 is 0 Å². The smallest absolute Gasteiger partial charge is 0.138 e. The number of thiazole rings is 1. The molecule has 6 heterocycles. The van der Waals surface area contributed by atoms with Crippen LogP contribution >= 0.6 is 22.7 Å². The molecule has 6 nitrogen and oxygen atoms in total. The van der Waals surface area contributed by atoms with Crippen LogP contribution in [0, 0.1) is 0 Å². The second-order valence-electron chi connectivity index (χ2n) is 8.69. The van der Waals surface area contributed by atoms with Crippen molar-refractivity contribution in [3.05, 3.63) is 70.1 Å². The predicted octanol–water partition coefficient (Wildman–Crippen LogP) is 5.48. The van der Waals surface area contributed by atoms with Crippen molar-refractivity contribution in [2.45, 2.75) is 45.1 Å². The van der Waals surface area contributed by atoms with E-state index >= 15 is 0 Å². The first-order valence-electron chi connectivity index (χ1n) is 11.7. The first-order chi connectivity index (χ1) is 16.8. The second kappa shape index (κ2) is 9.37. The molecular weight excluding hydrogens is 462 g/mol. The Morgan fingerprint density at radius 3 is 3.09 bits per heavy atom. The molecule has 0 saturated carbocycles. The molecule has 0 unspecified atom stereocenters. The van der Waals surface area contributed by atoms with Crippen molar-refractivity contribution >= 4 is 44.3 Å². The topological polar surface area (TPSA) is 72.2 Å². The monoisotopic (exact) mass is 489 g/mol. The van der Waals surface area contributed by atoms with Gasteiger partial charge < -0.3 is 9.72 Å². The Labute approximate surface area is 207 Å². The fourth-order valence-corrected chi connectivity index (χ4v) is 7.17. The lowest BCUT2D eigenvalue weighted by Crippen LogP contribution is -2.22. The van der Waals surface area contributed by atoms with Gasteiger partial charge in [-0.1, -0.05) is 6.07 Å². The molecule has 5 aromatic rings. The zero-order valence-corrected chi connectivity index (χ0v) is 20.4. The lowest BCUT2D eigenvalue weighted by atomic mass is 10.00. The number of carbonyl (C=O) groups is 1. The van der Waals surface area contributed by atoms with Crippen molar-refractivity contribution in [1.82, 2.24) is 24.7 Å². The van der Waals surface area contributed by atoms with Crippen molar-refractivity contribution in [3.63, 3.8) is 0 Å². The average molecular weight is 490 g/mol. The van der Waals surface area contributed by atoms with Gasteiger partial charge in [-0.3, -0.25) is 9.78 Å². The lowest BCUT2D eigenvalue weighted by molar-refractivity contribution is -0.118. The van der Waals surface area contributed by atoms with Gasteiger partial charge in [0.05, 0.1) is 10.9 Å². The number of nitrogens with one attached hydrogen (secondary N) is 1. The van der Waals surface area contributed by atoms with Crippen molar-refractivity contribution in [3.8, 4) is 10.6 Å². The minimum atomic E-state index is 0. The van der Waals surface area contributed by atoms with Gasteiger partial charge in [0.15, 0.2) is 0 Å². The number of Topliss-reactive ketones (excluding diaryl/α,β-unsaturated/α-hetero) is 1. The van der Waals surface area contributed by atoms with Gasteiger partial charge in [0.2, 0.25) is 0 Å². The highest BCUT2D eigenvalue weighted by atomic mass is 32.1. The van der Waals surface area contributed by atoms with E-state index in [4.69, 9.17) is 4.98 Å². The van der Waals surface area contributed by atoms with E-state index < -0.39 is 0 Å². The van der Waals surface area contributed by atoms with Crippen LogP contribution in [0.25, 0.3) is 26.4 Å². The fourth-order valence-electron chi connectivity index (χ4n) is 4.72. The number of fused-ring (bicyclic) bond motifs is 3. The number of imidazole rings is 1. The second-order valence-corrected chi connectivity index (χ2v) is 10.9. The van der Waals surface area contributed by atoms with Crippen molar-refractivity contribution in [1.29, 1.82) is 0 Å². The van der Waals surface area contributed by atoms with Crippen LogP contribution in [-0.2, 0) is 30.6 Å². The van der Waals surface area contributed by atoms with Crippen LogP contribution in [0.3, 0.4) is 0 Å². The van der Waals surface area contributed by atoms with Crippen LogP contribution in [0.1, 0.15) is 41.7 Å². The van der Waals surface area contributed by atoms with E-state index in [0.29, 0.717) is 18.6 Å². The first-order valence-corrected chi connectivity index (χ1v) is 13.4. The zero-order valence-electron chi connectivity index (χ0n) is 18.8. The molecule has 8 heteroatoms. The summed E-state index contributed by atoms with van der Waals surface area (Å²) in [6.45, 7) is 1.85. The number of pyridine rings is 2. The first kappa shape index (κ1) is 21.6. The molecule has 1 aliphatic heterocycles. The van der Waals surface area contributed by atoms with Crippen LogP contribution in [0.5, 0.6) is 0 Å². The number of hydrogen-bond donors (Lipinski definition) is 1. The van der Waals surface area contributed by atoms with Gasteiger partial charge in [0, 0.05) is 60.4 Å². The van der Waals surface area contributed by atoms with Crippen LogP contribution in [-0.4, -0.2) is 31.7 Å². The molecule has 0 radical (unpaired) electrons. The predicted molar refractivity (Wildman–Crippen MR) is 140 cm³/mol. The Balaban J connectivity index is 0.00000253. The van der Waals surface area contributed by atoms with Crippen molar-refractivity contribution in [2.75, 3.05) is 6.54 Å². The van der Waals surface area contributed by atoms with Crippen molar-refractivity contribution < 1.29 is 6.22 Å². The van der Waals surface area contributed by atoms with E-state index in [0.717, 1.165) is 59.6 Å². The zero-order chi connectivity index (χ0) is 22.9. The number of aromatic nitrogens is 4. The number of ketones is 1. The fraction of sp³-hybridized carbons (Fsp3) is 0.308. The Morgan fingerprint density at radius 1 is 1.18 bits per heavy atom. The summed E-state index contributed by atoms with van der Waals surface area (Å²) in [6.07, 6.45) is 12.5. The molecule has 34 heavy (non-hydrogen) atoms. The number of nitrogens with zero attached hydrogens (tertiary/aromatic N) is 4. The third kappa shape index (κ3) is 4.17. The summed E-state index contributed by atoms with van der Waals surface area (Å²) in [5, 5.41) is 4.50. The third-order valence-electron chi connectivity index (χ3n) is 6.39. The molecular formula is C26H27N5OS2. The quantitative estimate of drug-likeness (QED) is 0.292. The number of unbranched alkanes of at least 4 members (excludes halogenated alkanes) is 1. The standard InChI is InChI=1S/C26H25N5OS2.H2/c32-18(6-2-1-5-17-14-29-24-7-3-4-12-31(17)24)13-22-25(19-8-10-28-16-23(19)33-22)26-30-20-15-27-11-9-21(20)34-26;/h3-4,7,9,11-12,14-15,28H,1-2,5-6,8,10,13,16H2;1H.